The van der Waals surface area contributed by atoms with Crippen LogP contribution >= 0.6 is 11.6 Å². The van der Waals surface area contributed by atoms with E-state index in [2.05, 4.69) is 19.2 Å². The van der Waals surface area contributed by atoms with Gasteiger partial charge in [-0.15, -0.1) is 0 Å². The van der Waals surface area contributed by atoms with Gasteiger partial charge in [0, 0.05) is 17.0 Å². The highest BCUT2D eigenvalue weighted by Crippen LogP contribution is 2.40. The highest BCUT2D eigenvalue weighted by Gasteiger charge is 2.45. The Morgan fingerprint density at radius 2 is 1.79 bits per heavy atom. The minimum Gasteiger partial charge on any atom is -0.493 e. The molecule has 0 unspecified atom stereocenters. The van der Waals surface area contributed by atoms with Crippen molar-refractivity contribution in [2.75, 3.05) is 13.7 Å². The van der Waals surface area contributed by atoms with Crippen LogP contribution in [0.3, 0.4) is 0 Å². The number of halogens is 2. The van der Waals surface area contributed by atoms with Gasteiger partial charge in [-0.1, -0.05) is 25.4 Å². The van der Waals surface area contributed by atoms with Gasteiger partial charge < -0.3 is 19.9 Å². The van der Waals surface area contributed by atoms with E-state index in [9.17, 15) is 19.1 Å². The lowest BCUT2D eigenvalue weighted by Crippen LogP contribution is -2.57. The van der Waals surface area contributed by atoms with Crippen LogP contribution in [0.2, 0.25) is 5.02 Å². The van der Waals surface area contributed by atoms with Gasteiger partial charge in [-0.3, -0.25) is 4.79 Å². The number of carboxylic acid groups (broad SMARTS) is 1. The number of hydrogen-bond donors (Lipinski definition) is 2. The zero-order valence-electron chi connectivity index (χ0n) is 19.0. The van der Waals surface area contributed by atoms with Crippen molar-refractivity contribution in [2.24, 2.45) is 5.41 Å². The summed E-state index contributed by atoms with van der Waals surface area (Å²) >= 11 is 5.93. The molecule has 1 aliphatic rings. The number of benzene rings is 2. The Bertz CT molecular complexity index is 1030. The quantitative estimate of drug-likeness (QED) is 0.541. The molecule has 3 rings (SSSR count). The fourth-order valence-corrected chi connectivity index (χ4v) is 4.17. The van der Waals surface area contributed by atoms with Gasteiger partial charge in [0.05, 0.1) is 13.7 Å². The van der Waals surface area contributed by atoms with E-state index in [0.717, 1.165) is 0 Å². The minimum atomic E-state index is -1.29. The lowest BCUT2D eigenvalue weighted by molar-refractivity contribution is -0.146. The molecule has 1 amide bonds. The summed E-state index contributed by atoms with van der Waals surface area (Å²) in [6, 6.07) is 8.96. The predicted octanol–water partition coefficient (Wildman–Crippen LogP) is 5.26. The molecule has 178 valence electrons. The second-order valence-electron chi connectivity index (χ2n) is 9.21. The molecule has 6 nitrogen and oxygen atoms in total. The third-order valence-electron chi connectivity index (χ3n) is 6.28. The van der Waals surface area contributed by atoms with Gasteiger partial charge >= 0.3 is 5.97 Å². The SMILES string of the molecule is COc1ccc(C(=O)NC2(C(=O)O)CCC(C)(C)CC2)cc1OCCc1cc(Cl)ccc1F. The minimum absolute atomic E-state index is 0.0489. The van der Waals surface area contributed by atoms with Gasteiger partial charge in [0.1, 0.15) is 11.4 Å². The summed E-state index contributed by atoms with van der Waals surface area (Å²) in [7, 11) is 1.47. The van der Waals surface area contributed by atoms with Gasteiger partial charge in [0.25, 0.3) is 5.91 Å². The second kappa shape index (κ2) is 10.00. The van der Waals surface area contributed by atoms with Crippen molar-refractivity contribution in [2.45, 2.75) is 51.5 Å². The van der Waals surface area contributed by atoms with E-state index in [1.165, 1.54) is 31.4 Å². The third kappa shape index (κ3) is 5.96. The summed E-state index contributed by atoms with van der Waals surface area (Å²) < 4.78 is 25.0. The van der Waals surface area contributed by atoms with Crippen LogP contribution in [0.15, 0.2) is 36.4 Å². The van der Waals surface area contributed by atoms with Crippen molar-refractivity contribution in [3.8, 4) is 11.5 Å². The van der Waals surface area contributed by atoms with E-state index in [1.807, 2.05) is 0 Å². The first-order valence-corrected chi connectivity index (χ1v) is 11.2. The van der Waals surface area contributed by atoms with Crippen molar-refractivity contribution >= 4 is 23.5 Å². The van der Waals surface area contributed by atoms with Crippen LogP contribution in [0.5, 0.6) is 11.5 Å². The molecule has 1 saturated carbocycles. The Balaban J connectivity index is 1.73. The van der Waals surface area contributed by atoms with Gasteiger partial charge in [0.2, 0.25) is 0 Å². The number of carbonyl (C=O) groups excluding carboxylic acids is 1. The maximum atomic E-state index is 13.9. The third-order valence-corrected chi connectivity index (χ3v) is 6.52. The van der Waals surface area contributed by atoms with Crippen LogP contribution in [0.4, 0.5) is 4.39 Å². The molecule has 2 aromatic carbocycles. The van der Waals surface area contributed by atoms with Crippen molar-refractivity contribution < 1.29 is 28.6 Å². The molecule has 0 bridgehead atoms. The lowest BCUT2D eigenvalue weighted by atomic mass is 9.69. The van der Waals surface area contributed by atoms with Gasteiger partial charge in [-0.25, -0.2) is 9.18 Å². The molecule has 0 spiro atoms. The van der Waals surface area contributed by atoms with E-state index in [-0.39, 0.29) is 29.8 Å². The number of methoxy groups -OCH3 is 1. The summed E-state index contributed by atoms with van der Waals surface area (Å²) in [5.41, 5.74) is -0.575. The smallest absolute Gasteiger partial charge is 0.329 e. The maximum Gasteiger partial charge on any atom is 0.329 e. The first kappa shape index (κ1) is 24.8. The highest BCUT2D eigenvalue weighted by atomic mass is 35.5. The molecular formula is C25H29ClFNO5. The second-order valence-corrected chi connectivity index (χ2v) is 9.64. The number of carbonyl (C=O) groups is 2. The first-order valence-electron chi connectivity index (χ1n) is 10.9. The van der Waals surface area contributed by atoms with Crippen LogP contribution in [-0.4, -0.2) is 36.2 Å². The molecule has 0 saturated heterocycles. The van der Waals surface area contributed by atoms with Crippen molar-refractivity contribution in [3.63, 3.8) is 0 Å². The standard InChI is InChI=1S/C25H29ClFNO5/c1-24(2)9-11-25(12-10-24,23(30)31)28-22(29)17-4-7-20(32-3)21(15-17)33-13-8-16-14-18(26)5-6-19(16)27/h4-7,14-15H,8-13H2,1-3H3,(H,28,29)(H,30,31). The first-order chi connectivity index (χ1) is 15.5. The van der Waals surface area contributed by atoms with E-state index in [4.69, 9.17) is 21.1 Å². The molecule has 2 N–H and O–H groups in total. The van der Waals surface area contributed by atoms with Gasteiger partial charge in [-0.2, -0.15) is 0 Å². The lowest BCUT2D eigenvalue weighted by Gasteiger charge is -2.41. The Morgan fingerprint density at radius 3 is 2.42 bits per heavy atom. The summed E-state index contributed by atoms with van der Waals surface area (Å²) in [5, 5.41) is 13.0. The van der Waals surface area contributed by atoms with Crippen LogP contribution in [-0.2, 0) is 11.2 Å². The molecule has 0 aliphatic heterocycles. The predicted molar refractivity (Wildman–Crippen MR) is 124 cm³/mol. The largest absolute Gasteiger partial charge is 0.493 e. The van der Waals surface area contributed by atoms with E-state index >= 15 is 0 Å². The maximum absolute atomic E-state index is 13.9. The molecule has 0 heterocycles. The number of hydrogen-bond acceptors (Lipinski definition) is 4. The molecular weight excluding hydrogens is 449 g/mol. The zero-order chi connectivity index (χ0) is 24.2. The number of carboxylic acids is 1. The topological polar surface area (TPSA) is 84.9 Å². The molecule has 0 aromatic heterocycles. The van der Waals surface area contributed by atoms with Crippen LogP contribution in [0.1, 0.15) is 55.5 Å². The normalized spacial score (nSPS) is 16.6. The van der Waals surface area contributed by atoms with Crippen molar-refractivity contribution in [1.29, 1.82) is 0 Å². The molecule has 1 fully saturated rings. The van der Waals surface area contributed by atoms with Crippen LogP contribution in [0.25, 0.3) is 0 Å². The fraction of sp³-hybridized carbons (Fsp3) is 0.440. The van der Waals surface area contributed by atoms with Crippen LogP contribution in [0, 0.1) is 11.2 Å². The van der Waals surface area contributed by atoms with Crippen LogP contribution < -0.4 is 14.8 Å². The molecule has 0 atom stereocenters. The number of nitrogens with one attached hydrogen (secondary N) is 1. The molecule has 1 aliphatic carbocycles. The molecule has 8 heteroatoms. The average molecular weight is 478 g/mol. The molecule has 33 heavy (non-hydrogen) atoms. The molecule has 0 radical (unpaired) electrons. The van der Waals surface area contributed by atoms with Gasteiger partial charge in [-0.05, 0) is 73.1 Å². The van der Waals surface area contributed by atoms with Crippen molar-refractivity contribution in [1.82, 2.24) is 5.32 Å². The highest BCUT2D eigenvalue weighted by molar-refractivity contribution is 6.30. The Labute approximate surface area is 198 Å². The summed E-state index contributed by atoms with van der Waals surface area (Å²) in [4.78, 5) is 25.0. The monoisotopic (exact) mass is 477 g/mol. The van der Waals surface area contributed by atoms with Crippen molar-refractivity contribution in [3.05, 3.63) is 58.4 Å². The van der Waals surface area contributed by atoms with E-state index in [1.54, 1.807) is 12.1 Å². The number of rotatable bonds is 8. The zero-order valence-corrected chi connectivity index (χ0v) is 19.8. The molecule has 2 aromatic rings. The number of aliphatic carboxylic acids is 1. The summed E-state index contributed by atoms with van der Waals surface area (Å²) in [5.74, 6) is -1.18. The van der Waals surface area contributed by atoms with Gasteiger partial charge in [0.15, 0.2) is 11.5 Å². The fourth-order valence-electron chi connectivity index (χ4n) is 3.97. The Hall–Kier alpha value is -2.80. The number of amides is 1. The Morgan fingerprint density at radius 1 is 1.09 bits per heavy atom. The van der Waals surface area contributed by atoms with E-state index < -0.39 is 17.4 Å². The summed E-state index contributed by atoms with van der Waals surface area (Å²) in [6.45, 7) is 4.33. The Kier molecular flexibility index (Phi) is 7.52. The average Bonchev–Trinajstić information content (AvgIpc) is 2.77. The van der Waals surface area contributed by atoms with E-state index in [0.29, 0.717) is 47.8 Å². The number of ether oxygens (including phenoxy) is 2. The summed E-state index contributed by atoms with van der Waals surface area (Å²) in [6.07, 6.45) is 2.41.